The fraction of sp³-hybridized carbons (Fsp3) is 0.333. The van der Waals surface area contributed by atoms with Gasteiger partial charge in [0, 0.05) is 11.4 Å². The molecular formula is C21H22Cl2N4O4. The molecule has 0 atom stereocenters. The number of benzene rings is 1. The fourth-order valence-electron chi connectivity index (χ4n) is 3.44. The van der Waals surface area contributed by atoms with Crippen molar-refractivity contribution in [1.82, 2.24) is 20.3 Å². The summed E-state index contributed by atoms with van der Waals surface area (Å²) in [5, 5.41) is 12.1. The predicted octanol–water partition coefficient (Wildman–Crippen LogP) is 3.94. The Morgan fingerprint density at radius 1 is 1.06 bits per heavy atom. The van der Waals surface area contributed by atoms with Crippen molar-refractivity contribution >= 4 is 35.1 Å². The van der Waals surface area contributed by atoms with Crippen LogP contribution in [0.3, 0.4) is 0 Å². The summed E-state index contributed by atoms with van der Waals surface area (Å²) >= 11 is 12.4. The lowest BCUT2D eigenvalue weighted by atomic mass is 9.83. The quantitative estimate of drug-likeness (QED) is 0.646. The molecule has 0 aliphatic carbocycles. The van der Waals surface area contributed by atoms with Gasteiger partial charge in [-0.05, 0) is 39.8 Å². The van der Waals surface area contributed by atoms with E-state index in [9.17, 15) is 9.59 Å². The third kappa shape index (κ3) is 4.45. The minimum absolute atomic E-state index is 0.185. The van der Waals surface area contributed by atoms with Crippen LogP contribution in [0, 0.1) is 0 Å². The minimum Gasteiger partial charge on any atom is -0.463 e. The number of allylic oxidation sites excluding steroid dienone is 2. The Morgan fingerprint density at radius 3 is 2.19 bits per heavy atom. The van der Waals surface area contributed by atoms with Crippen molar-refractivity contribution in [2.75, 3.05) is 13.2 Å². The van der Waals surface area contributed by atoms with Crippen molar-refractivity contribution in [3.05, 3.63) is 62.7 Å². The van der Waals surface area contributed by atoms with Crippen molar-refractivity contribution in [2.24, 2.45) is 0 Å². The molecule has 0 saturated carbocycles. The number of ether oxygens (including phenoxy) is 2. The van der Waals surface area contributed by atoms with E-state index >= 15 is 0 Å². The number of dihydropyridines is 1. The van der Waals surface area contributed by atoms with E-state index in [4.69, 9.17) is 32.7 Å². The molecule has 0 spiro atoms. The van der Waals surface area contributed by atoms with Gasteiger partial charge in [-0.3, -0.25) is 0 Å². The molecule has 1 N–H and O–H groups in total. The average molecular weight is 465 g/mol. The lowest BCUT2D eigenvalue weighted by Crippen LogP contribution is -2.32. The summed E-state index contributed by atoms with van der Waals surface area (Å²) in [4.78, 5) is 25.6. The zero-order valence-electron chi connectivity index (χ0n) is 17.5. The summed E-state index contributed by atoms with van der Waals surface area (Å²) in [6, 6.07) is 5.13. The van der Waals surface area contributed by atoms with Gasteiger partial charge in [0.1, 0.15) is 0 Å². The van der Waals surface area contributed by atoms with Gasteiger partial charge in [-0.25, -0.2) is 14.3 Å². The van der Waals surface area contributed by atoms with E-state index in [1.807, 2.05) is 0 Å². The Kier molecular flexibility index (Phi) is 7.02. The molecule has 0 radical (unpaired) electrons. The molecule has 2 aromatic rings. The second-order valence-corrected chi connectivity index (χ2v) is 7.52. The Morgan fingerprint density at radius 2 is 1.65 bits per heavy atom. The summed E-state index contributed by atoms with van der Waals surface area (Å²) in [5.41, 5.74) is 2.52. The number of aromatic nitrogens is 3. The first-order valence-corrected chi connectivity index (χ1v) is 10.4. The largest absolute Gasteiger partial charge is 0.463 e. The first-order valence-electron chi connectivity index (χ1n) is 9.69. The first kappa shape index (κ1) is 22.8. The van der Waals surface area contributed by atoms with Crippen molar-refractivity contribution in [2.45, 2.75) is 33.6 Å². The first-order chi connectivity index (χ1) is 14.8. The van der Waals surface area contributed by atoms with Crippen LogP contribution in [0.15, 0.2) is 46.9 Å². The number of hydrogen-bond acceptors (Lipinski definition) is 7. The summed E-state index contributed by atoms with van der Waals surface area (Å²) < 4.78 is 11.9. The number of nitrogens with one attached hydrogen (secondary N) is 1. The van der Waals surface area contributed by atoms with E-state index in [2.05, 4.69) is 15.6 Å². The molecule has 0 bridgehead atoms. The van der Waals surface area contributed by atoms with Crippen molar-refractivity contribution < 1.29 is 19.1 Å². The smallest absolute Gasteiger partial charge is 0.336 e. The number of halogens is 2. The number of rotatable bonds is 6. The molecule has 0 saturated heterocycles. The second kappa shape index (κ2) is 9.53. The van der Waals surface area contributed by atoms with Crippen LogP contribution in [-0.4, -0.2) is 40.1 Å². The zero-order chi connectivity index (χ0) is 22.7. The SMILES string of the molecule is CCOC(=O)C1=C(C)NC(C)=C(C(=O)OCC)C1c1cn(-c2cccc(Cl)c2Cl)nn1. The van der Waals surface area contributed by atoms with Crippen molar-refractivity contribution in [3.8, 4) is 5.69 Å². The van der Waals surface area contributed by atoms with E-state index in [1.54, 1.807) is 52.1 Å². The lowest BCUT2D eigenvalue weighted by molar-refractivity contribution is -0.139. The van der Waals surface area contributed by atoms with Gasteiger partial charge in [-0.1, -0.05) is 34.5 Å². The Labute approximate surface area is 189 Å². The van der Waals surface area contributed by atoms with Crippen molar-refractivity contribution in [3.63, 3.8) is 0 Å². The van der Waals surface area contributed by atoms with Crippen LogP contribution in [0.5, 0.6) is 0 Å². The van der Waals surface area contributed by atoms with Gasteiger partial charge < -0.3 is 14.8 Å². The lowest BCUT2D eigenvalue weighted by Gasteiger charge is -2.28. The van der Waals surface area contributed by atoms with Gasteiger partial charge >= 0.3 is 11.9 Å². The van der Waals surface area contributed by atoms with Gasteiger partial charge in [0.25, 0.3) is 0 Å². The second-order valence-electron chi connectivity index (χ2n) is 6.74. The summed E-state index contributed by atoms with van der Waals surface area (Å²) in [5.74, 6) is -1.93. The molecule has 1 aromatic carbocycles. The Balaban J connectivity index is 2.15. The minimum atomic E-state index is -0.828. The van der Waals surface area contributed by atoms with Gasteiger partial charge in [0.15, 0.2) is 0 Å². The van der Waals surface area contributed by atoms with E-state index in [-0.39, 0.29) is 24.4 Å². The van der Waals surface area contributed by atoms with Gasteiger partial charge in [-0.2, -0.15) is 0 Å². The molecule has 0 fully saturated rings. The Hall–Kier alpha value is -2.84. The summed E-state index contributed by atoms with van der Waals surface area (Å²) in [6.07, 6.45) is 1.60. The van der Waals surface area contributed by atoms with E-state index < -0.39 is 17.9 Å². The van der Waals surface area contributed by atoms with Crippen LogP contribution in [-0.2, 0) is 19.1 Å². The molecule has 0 amide bonds. The topological polar surface area (TPSA) is 95.3 Å². The molecule has 0 unspecified atom stereocenters. The molecule has 10 heteroatoms. The van der Waals surface area contributed by atoms with Crippen LogP contribution in [0.1, 0.15) is 39.3 Å². The molecule has 1 aliphatic rings. The summed E-state index contributed by atoms with van der Waals surface area (Å²) in [7, 11) is 0. The highest BCUT2D eigenvalue weighted by molar-refractivity contribution is 6.43. The average Bonchev–Trinajstić information content (AvgIpc) is 3.19. The maximum absolute atomic E-state index is 12.8. The predicted molar refractivity (Wildman–Crippen MR) is 116 cm³/mol. The molecule has 8 nitrogen and oxygen atoms in total. The third-order valence-electron chi connectivity index (χ3n) is 4.74. The zero-order valence-corrected chi connectivity index (χ0v) is 19.0. The van der Waals surface area contributed by atoms with Crippen LogP contribution in [0.25, 0.3) is 5.69 Å². The number of nitrogens with zero attached hydrogens (tertiary/aromatic N) is 3. The number of carbonyl (C=O) groups is 2. The molecule has 3 rings (SSSR count). The standard InChI is InChI=1S/C21H22Cl2N4O4/c1-5-30-20(28)16-11(3)24-12(4)17(21(29)31-6-2)18(16)14-10-27(26-25-14)15-9-7-8-13(22)19(15)23/h7-10,18,24H,5-6H2,1-4H3. The number of carbonyl (C=O) groups excluding carboxylic acids is 2. The van der Waals surface area contributed by atoms with Crippen LogP contribution >= 0.6 is 23.2 Å². The van der Waals surface area contributed by atoms with Crippen molar-refractivity contribution in [1.29, 1.82) is 0 Å². The van der Waals surface area contributed by atoms with E-state index in [1.165, 1.54) is 4.68 Å². The van der Waals surface area contributed by atoms with Crippen LogP contribution < -0.4 is 5.32 Å². The van der Waals surface area contributed by atoms with Gasteiger partial charge in [-0.15, -0.1) is 5.10 Å². The van der Waals surface area contributed by atoms with Crippen LogP contribution in [0.4, 0.5) is 0 Å². The molecule has 1 aromatic heterocycles. The third-order valence-corrected chi connectivity index (χ3v) is 5.54. The van der Waals surface area contributed by atoms with Crippen LogP contribution in [0.2, 0.25) is 10.0 Å². The molecule has 31 heavy (non-hydrogen) atoms. The molecular weight excluding hydrogens is 443 g/mol. The van der Waals surface area contributed by atoms with E-state index in [0.29, 0.717) is 32.8 Å². The highest BCUT2D eigenvalue weighted by Gasteiger charge is 2.39. The highest BCUT2D eigenvalue weighted by atomic mass is 35.5. The number of esters is 2. The Bertz CT molecular complexity index is 1050. The number of hydrogen-bond donors (Lipinski definition) is 1. The van der Waals surface area contributed by atoms with E-state index in [0.717, 1.165) is 0 Å². The normalized spacial score (nSPS) is 14.5. The van der Waals surface area contributed by atoms with Gasteiger partial charge in [0.05, 0.1) is 57.9 Å². The maximum Gasteiger partial charge on any atom is 0.336 e. The monoisotopic (exact) mass is 464 g/mol. The van der Waals surface area contributed by atoms with Gasteiger partial charge in [0.2, 0.25) is 0 Å². The maximum atomic E-state index is 12.8. The highest BCUT2D eigenvalue weighted by Crippen LogP contribution is 2.39. The molecule has 1 aliphatic heterocycles. The molecule has 2 heterocycles. The summed E-state index contributed by atoms with van der Waals surface area (Å²) in [6.45, 7) is 7.27. The molecule has 164 valence electrons. The fourth-order valence-corrected chi connectivity index (χ4v) is 3.83.